The van der Waals surface area contributed by atoms with E-state index in [1.807, 2.05) is 27.7 Å². The van der Waals surface area contributed by atoms with Crippen LogP contribution in [0.15, 0.2) is 0 Å². The summed E-state index contributed by atoms with van der Waals surface area (Å²) in [5.41, 5.74) is 0. The molecule has 0 aromatic carbocycles. The van der Waals surface area contributed by atoms with Crippen molar-refractivity contribution >= 4 is 11.9 Å². The first-order valence-electron chi connectivity index (χ1n) is 7.10. The van der Waals surface area contributed by atoms with Crippen LogP contribution >= 0.6 is 0 Å². The van der Waals surface area contributed by atoms with E-state index in [9.17, 15) is 9.59 Å². The summed E-state index contributed by atoms with van der Waals surface area (Å²) in [7, 11) is 0. The molecule has 0 aromatic rings. The maximum Gasteiger partial charge on any atom is 0.320 e. The Bertz CT molecular complexity index is 288. The molecular weight excluding hydrogens is 244 g/mol. The minimum absolute atomic E-state index is 0.135. The van der Waals surface area contributed by atoms with Crippen molar-refractivity contribution in [3.63, 3.8) is 0 Å². The molecule has 0 aliphatic heterocycles. The van der Waals surface area contributed by atoms with Gasteiger partial charge in [0, 0.05) is 6.04 Å². The molecule has 0 fully saturated rings. The lowest BCUT2D eigenvalue weighted by atomic mass is 10.0. The standard InChI is InChI=1S/C14H28N2O3/c1-6-11(7-2)16-13(17)10(5)15-12(14(18)19)8-9(3)4/h9-12,15H,6-8H2,1-5H3,(H,16,17)(H,18,19). The predicted molar refractivity (Wildman–Crippen MR) is 76.0 cm³/mol. The van der Waals surface area contributed by atoms with Gasteiger partial charge < -0.3 is 10.4 Å². The Labute approximate surface area is 116 Å². The van der Waals surface area contributed by atoms with Crippen molar-refractivity contribution in [2.75, 3.05) is 0 Å². The Kier molecular flexibility index (Phi) is 8.39. The molecule has 0 heterocycles. The van der Waals surface area contributed by atoms with Crippen LogP contribution in [0.25, 0.3) is 0 Å². The van der Waals surface area contributed by atoms with Crippen LogP contribution in [0.1, 0.15) is 53.9 Å². The van der Waals surface area contributed by atoms with Crippen LogP contribution in [0.4, 0.5) is 0 Å². The van der Waals surface area contributed by atoms with Gasteiger partial charge in [-0.1, -0.05) is 27.7 Å². The van der Waals surface area contributed by atoms with E-state index in [4.69, 9.17) is 5.11 Å². The average molecular weight is 272 g/mol. The van der Waals surface area contributed by atoms with Gasteiger partial charge >= 0.3 is 5.97 Å². The van der Waals surface area contributed by atoms with Gasteiger partial charge in [-0.3, -0.25) is 14.9 Å². The highest BCUT2D eigenvalue weighted by atomic mass is 16.4. The van der Waals surface area contributed by atoms with Gasteiger partial charge in [0.1, 0.15) is 6.04 Å². The number of carbonyl (C=O) groups excluding carboxylic acids is 1. The molecule has 0 radical (unpaired) electrons. The Hall–Kier alpha value is -1.10. The molecule has 0 saturated heterocycles. The minimum Gasteiger partial charge on any atom is -0.480 e. The second-order valence-electron chi connectivity index (χ2n) is 5.43. The van der Waals surface area contributed by atoms with E-state index in [-0.39, 0.29) is 17.9 Å². The molecule has 0 aromatic heterocycles. The van der Waals surface area contributed by atoms with Crippen LogP contribution in [-0.2, 0) is 9.59 Å². The predicted octanol–water partition coefficient (Wildman–Crippen LogP) is 1.77. The Morgan fingerprint density at radius 2 is 1.63 bits per heavy atom. The van der Waals surface area contributed by atoms with E-state index in [1.165, 1.54) is 0 Å². The Morgan fingerprint density at radius 3 is 2.00 bits per heavy atom. The zero-order chi connectivity index (χ0) is 15.0. The number of carboxylic acid groups (broad SMARTS) is 1. The van der Waals surface area contributed by atoms with E-state index >= 15 is 0 Å². The highest BCUT2D eigenvalue weighted by Crippen LogP contribution is 2.06. The second kappa shape index (κ2) is 8.91. The molecule has 2 atom stereocenters. The number of hydrogen-bond acceptors (Lipinski definition) is 3. The van der Waals surface area contributed by atoms with E-state index in [2.05, 4.69) is 10.6 Å². The fraction of sp³-hybridized carbons (Fsp3) is 0.857. The van der Waals surface area contributed by atoms with E-state index in [1.54, 1.807) is 6.92 Å². The molecule has 0 aliphatic rings. The van der Waals surface area contributed by atoms with Gasteiger partial charge in [-0.2, -0.15) is 0 Å². The largest absolute Gasteiger partial charge is 0.480 e. The molecule has 0 aliphatic carbocycles. The molecule has 2 unspecified atom stereocenters. The summed E-state index contributed by atoms with van der Waals surface area (Å²) < 4.78 is 0. The molecule has 0 saturated carbocycles. The van der Waals surface area contributed by atoms with Gasteiger partial charge in [-0.25, -0.2) is 0 Å². The fourth-order valence-corrected chi connectivity index (χ4v) is 1.91. The molecule has 0 spiro atoms. The van der Waals surface area contributed by atoms with Gasteiger partial charge in [0.15, 0.2) is 0 Å². The summed E-state index contributed by atoms with van der Waals surface area (Å²) in [6, 6.07) is -1.02. The summed E-state index contributed by atoms with van der Waals surface area (Å²) in [6.45, 7) is 9.67. The van der Waals surface area contributed by atoms with E-state index in [0.29, 0.717) is 6.42 Å². The number of rotatable bonds is 9. The lowest BCUT2D eigenvalue weighted by Crippen LogP contribution is -2.51. The molecule has 5 nitrogen and oxygen atoms in total. The van der Waals surface area contributed by atoms with Crippen LogP contribution < -0.4 is 10.6 Å². The fourth-order valence-electron chi connectivity index (χ4n) is 1.91. The van der Waals surface area contributed by atoms with Crippen molar-refractivity contribution in [2.24, 2.45) is 5.92 Å². The summed E-state index contributed by atoms with van der Waals surface area (Å²) in [5.74, 6) is -0.775. The zero-order valence-corrected chi connectivity index (χ0v) is 12.7. The van der Waals surface area contributed by atoms with Crippen LogP contribution in [0.5, 0.6) is 0 Å². The van der Waals surface area contributed by atoms with Gasteiger partial charge in [-0.05, 0) is 32.1 Å². The Morgan fingerprint density at radius 1 is 1.11 bits per heavy atom. The zero-order valence-electron chi connectivity index (χ0n) is 12.7. The van der Waals surface area contributed by atoms with Crippen molar-refractivity contribution in [2.45, 2.75) is 72.0 Å². The van der Waals surface area contributed by atoms with Crippen LogP contribution in [0.3, 0.4) is 0 Å². The van der Waals surface area contributed by atoms with Crippen molar-refractivity contribution in [3.05, 3.63) is 0 Å². The SMILES string of the molecule is CCC(CC)NC(=O)C(C)NC(CC(C)C)C(=O)O. The van der Waals surface area contributed by atoms with Crippen LogP contribution in [0.2, 0.25) is 0 Å². The summed E-state index contributed by atoms with van der Waals surface area (Å²) in [5, 5.41) is 14.9. The molecule has 19 heavy (non-hydrogen) atoms. The van der Waals surface area contributed by atoms with Gasteiger partial charge in [0.25, 0.3) is 0 Å². The van der Waals surface area contributed by atoms with Gasteiger partial charge in [0.05, 0.1) is 6.04 Å². The first-order valence-corrected chi connectivity index (χ1v) is 7.10. The number of nitrogens with one attached hydrogen (secondary N) is 2. The topological polar surface area (TPSA) is 78.4 Å². The van der Waals surface area contributed by atoms with Crippen LogP contribution in [-0.4, -0.2) is 35.1 Å². The third-order valence-electron chi connectivity index (χ3n) is 3.18. The van der Waals surface area contributed by atoms with Crippen molar-refractivity contribution in [3.8, 4) is 0 Å². The second-order valence-corrected chi connectivity index (χ2v) is 5.43. The first kappa shape index (κ1) is 17.9. The molecule has 3 N–H and O–H groups in total. The highest BCUT2D eigenvalue weighted by molar-refractivity contribution is 5.83. The molecule has 0 rings (SSSR count). The van der Waals surface area contributed by atoms with Crippen molar-refractivity contribution in [1.82, 2.24) is 10.6 Å². The maximum atomic E-state index is 11.9. The summed E-state index contributed by atoms with van der Waals surface area (Å²) in [6.07, 6.45) is 2.27. The number of carbonyl (C=O) groups is 2. The van der Waals surface area contributed by atoms with Crippen molar-refractivity contribution < 1.29 is 14.7 Å². The number of hydrogen-bond donors (Lipinski definition) is 3. The normalized spacial score (nSPS) is 14.5. The first-order chi connectivity index (χ1) is 8.81. The molecule has 112 valence electrons. The van der Waals surface area contributed by atoms with E-state index in [0.717, 1.165) is 12.8 Å². The third-order valence-corrected chi connectivity index (χ3v) is 3.18. The van der Waals surface area contributed by atoms with Gasteiger partial charge in [0.2, 0.25) is 5.91 Å². The lowest BCUT2D eigenvalue weighted by molar-refractivity contribution is -0.140. The summed E-state index contributed by atoms with van der Waals surface area (Å²) >= 11 is 0. The molecule has 1 amide bonds. The number of aliphatic carboxylic acids is 1. The lowest BCUT2D eigenvalue weighted by Gasteiger charge is -2.23. The van der Waals surface area contributed by atoms with Crippen molar-refractivity contribution in [1.29, 1.82) is 0 Å². The van der Waals surface area contributed by atoms with Crippen LogP contribution in [0, 0.1) is 5.92 Å². The quantitative estimate of drug-likeness (QED) is 0.598. The maximum absolute atomic E-state index is 11.9. The smallest absolute Gasteiger partial charge is 0.320 e. The Balaban J connectivity index is 4.42. The molecular formula is C14H28N2O3. The highest BCUT2D eigenvalue weighted by Gasteiger charge is 2.24. The number of amides is 1. The molecule has 5 heteroatoms. The van der Waals surface area contributed by atoms with Gasteiger partial charge in [-0.15, -0.1) is 0 Å². The molecule has 0 bridgehead atoms. The monoisotopic (exact) mass is 272 g/mol. The summed E-state index contributed by atoms with van der Waals surface area (Å²) in [4.78, 5) is 23.1. The third kappa shape index (κ3) is 7.15. The number of carboxylic acids is 1. The minimum atomic E-state index is -0.907. The van der Waals surface area contributed by atoms with E-state index < -0.39 is 18.1 Å². The average Bonchev–Trinajstić information content (AvgIpc) is 2.33.